The SMILES string of the molecule is CCC(=O)Nc1ccc(-c2ccc(C(=O)NCc3cccnc3)cc2)cc1. The lowest BCUT2D eigenvalue weighted by Gasteiger charge is -2.08. The first-order valence-corrected chi connectivity index (χ1v) is 8.83. The summed E-state index contributed by atoms with van der Waals surface area (Å²) in [5.41, 5.74) is 4.36. The van der Waals surface area contributed by atoms with Crippen LogP contribution < -0.4 is 10.6 Å². The first-order valence-electron chi connectivity index (χ1n) is 8.83. The van der Waals surface area contributed by atoms with E-state index in [0.717, 1.165) is 22.4 Å². The summed E-state index contributed by atoms with van der Waals surface area (Å²) in [6.45, 7) is 2.26. The molecule has 2 N–H and O–H groups in total. The van der Waals surface area contributed by atoms with Crippen LogP contribution in [0, 0.1) is 0 Å². The molecule has 0 radical (unpaired) electrons. The average molecular weight is 359 g/mol. The fraction of sp³-hybridized carbons (Fsp3) is 0.136. The van der Waals surface area contributed by atoms with Gasteiger partial charge in [0.2, 0.25) is 5.91 Å². The van der Waals surface area contributed by atoms with E-state index in [1.54, 1.807) is 24.5 Å². The van der Waals surface area contributed by atoms with Crippen molar-refractivity contribution in [1.82, 2.24) is 10.3 Å². The molecule has 1 aromatic heterocycles. The molecule has 0 saturated heterocycles. The Bertz CT molecular complexity index is 905. The Morgan fingerprint density at radius 1 is 0.926 bits per heavy atom. The second-order valence-electron chi connectivity index (χ2n) is 6.10. The first kappa shape index (κ1) is 18.3. The molecule has 0 aliphatic rings. The Labute approximate surface area is 158 Å². The lowest BCUT2D eigenvalue weighted by molar-refractivity contribution is -0.115. The zero-order valence-corrected chi connectivity index (χ0v) is 15.1. The summed E-state index contributed by atoms with van der Waals surface area (Å²) in [6, 6.07) is 18.8. The Hall–Kier alpha value is -3.47. The molecule has 0 unspecified atom stereocenters. The summed E-state index contributed by atoms with van der Waals surface area (Å²) in [5.74, 6) is -0.132. The van der Waals surface area contributed by atoms with Crippen molar-refractivity contribution in [2.45, 2.75) is 19.9 Å². The second-order valence-corrected chi connectivity index (χ2v) is 6.10. The van der Waals surface area contributed by atoms with Gasteiger partial charge in [0.05, 0.1) is 0 Å². The average Bonchev–Trinajstić information content (AvgIpc) is 2.73. The van der Waals surface area contributed by atoms with E-state index in [-0.39, 0.29) is 11.8 Å². The highest BCUT2D eigenvalue weighted by molar-refractivity contribution is 5.94. The van der Waals surface area contributed by atoms with Crippen LogP contribution in [-0.4, -0.2) is 16.8 Å². The summed E-state index contributed by atoms with van der Waals surface area (Å²) in [7, 11) is 0. The van der Waals surface area contributed by atoms with Crippen molar-refractivity contribution in [1.29, 1.82) is 0 Å². The summed E-state index contributed by atoms with van der Waals surface area (Å²) in [5, 5.41) is 5.71. The minimum Gasteiger partial charge on any atom is -0.348 e. The summed E-state index contributed by atoms with van der Waals surface area (Å²) in [4.78, 5) is 27.7. The van der Waals surface area contributed by atoms with Crippen LogP contribution in [0.15, 0.2) is 73.1 Å². The molecule has 0 atom stereocenters. The Kier molecular flexibility index (Phi) is 5.94. The number of hydrogen-bond donors (Lipinski definition) is 2. The number of amides is 2. The van der Waals surface area contributed by atoms with E-state index < -0.39 is 0 Å². The molecular formula is C22H21N3O2. The van der Waals surface area contributed by atoms with Gasteiger partial charge in [-0.15, -0.1) is 0 Å². The fourth-order valence-electron chi connectivity index (χ4n) is 2.60. The standard InChI is InChI=1S/C22H21N3O2/c1-2-21(26)25-20-11-9-18(10-12-20)17-5-7-19(8-6-17)22(27)24-15-16-4-3-13-23-14-16/h3-14H,2,15H2,1H3,(H,24,27)(H,25,26). The molecule has 136 valence electrons. The predicted molar refractivity (Wildman–Crippen MR) is 106 cm³/mol. The minimum absolute atomic E-state index is 0.00982. The second kappa shape index (κ2) is 8.76. The maximum absolute atomic E-state index is 12.3. The van der Waals surface area contributed by atoms with Gasteiger partial charge in [-0.1, -0.05) is 37.3 Å². The molecule has 2 aromatic carbocycles. The van der Waals surface area contributed by atoms with E-state index in [2.05, 4.69) is 15.6 Å². The zero-order valence-electron chi connectivity index (χ0n) is 15.1. The van der Waals surface area contributed by atoms with Crippen LogP contribution in [0.3, 0.4) is 0 Å². The van der Waals surface area contributed by atoms with E-state index in [4.69, 9.17) is 0 Å². The third kappa shape index (κ3) is 5.01. The van der Waals surface area contributed by atoms with Gasteiger partial charge in [-0.25, -0.2) is 0 Å². The molecule has 0 fully saturated rings. The molecule has 2 amide bonds. The monoisotopic (exact) mass is 359 g/mol. The number of benzene rings is 2. The van der Waals surface area contributed by atoms with E-state index in [1.165, 1.54) is 0 Å². The van der Waals surface area contributed by atoms with E-state index >= 15 is 0 Å². The molecular weight excluding hydrogens is 338 g/mol. The molecule has 0 aliphatic heterocycles. The highest BCUT2D eigenvalue weighted by atomic mass is 16.2. The number of rotatable bonds is 6. The number of pyridine rings is 1. The van der Waals surface area contributed by atoms with Gasteiger partial charge in [0.1, 0.15) is 0 Å². The molecule has 5 heteroatoms. The Morgan fingerprint density at radius 3 is 2.19 bits per heavy atom. The number of carbonyl (C=O) groups is 2. The van der Waals surface area contributed by atoms with Crippen molar-refractivity contribution in [3.8, 4) is 11.1 Å². The molecule has 0 bridgehead atoms. The molecule has 0 spiro atoms. The Balaban J connectivity index is 1.62. The van der Waals surface area contributed by atoms with Crippen LogP contribution >= 0.6 is 0 Å². The van der Waals surface area contributed by atoms with Gasteiger partial charge in [0.25, 0.3) is 5.91 Å². The van der Waals surface area contributed by atoms with E-state index in [9.17, 15) is 9.59 Å². The summed E-state index contributed by atoms with van der Waals surface area (Å²) < 4.78 is 0. The van der Waals surface area contributed by atoms with Crippen molar-refractivity contribution in [3.05, 3.63) is 84.2 Å². The maximum Gasteiger partial charge on any atom is 0.251 e. The normalized spacial score (nSPS) is 10.3. The third-order valence-electron chi connectivity index (χ3n) is 4.15. The van der Waals surface area contributed by atoms with Crippen molar-refractivity contribution >= 4 is 17.5 Å². The number of anilines is 1. The van der Waals surface area contributed by atoms with Crippen LogP contribution in [0.25, 0.3) is 11.1 Å². The smallest absolute Gasteiger partial charge is 0.251 e. The molecule has 3 aromatic rings. The zero-order chi connectivity index (χ0) is 19.1. The van der Waals surface area contributed by atoms with E-state index in [1.807, 2.05) is 55.5 Å². The van der Waals surface area contributed by atoms with Gasteiger partial charge in [0.15, 0.2) is 0 Å². The van der Waals surface area contributed by atoms with Crippen molar-refractivity contribution < 1.29 is 9.59 Å². The largest absolute Gasteiger partial charge is 0.348 e. The molecule has 0 aliphatic carbocycles. The molecule has 27 heavy (non-hydrogen) atoms. The number of carbonyl (C=O) groups excluding carboxylic acids is 2. The maximum atomic E-state index is 12.3. The lowest BCUT2D eigenvalue weighted by Crippen LogP contribution is -2.22. The number of nitrogens with one attached hydrogen (secondary N) is 2. The van der Waals surface area contributed by atoms with Crippen molar-refractivity contribution in [2.24, 2.45) is 0 Å². The van der Waals surface area contributed by atoms with Gasteiger partial charge < -0.3 is 10.6 Å². The van der Waals surface area contributed by atoms with Gasteiger partial charge in [-0.2, -0.15) is 0 Å². The number of hydrogen-bond acceptors (Lipinski definition) is 3. The number of nitrogens with zero attached hydrogens (tertiary/aromatic N) is 1. The molecule has 0 saturated carbocycles. The van der Waals surface area contributed by atoms with Crippen LogP contribution in [0.1, 0.15) is 29.3 Å². The summed E-state index contributed by atoms with van der Waals surface area (Å²) in [6.07, 6.45) is 3.89. The van der Waals surface area contributed by atoms with Crippen LogP contribution in [0.5, 0.6) is 0 Å². The lowest BCUT2D eigenvalue weighted by atomic mass is 10.0. The van der Waals surface area contributed by atoms with Gasteiger partial charge in [-0.05, 0) is 47.0 Å². The minimum atomic E-state index is -0.122. The van der Waals surface area contributed by atoms with Crippen LogP contribution in [-0.2, 0) is 11.3 Å². The molecule has 3 rings (SSSR count). The Morgan fingerprint density at radius 2 is 1.59 bits per heavy atom. The highest BCUT2D eigenvalue weighted by Gasteiger charge is 2.06. The van der Waals surface area contributed by atoms with Crippen LogP contribution in [0.4, 0.5) is 5.69 Å². The number of aromatic nitrogens is 1. The van der Waals surface area contributed by atoms with E-state index in [0.29, 0.717) is 18.5 Å². The molecule has 5 nitrogen and oxygen atoms in total. The highest BCUT2D eigenvalue weighted by Crippen LogP contribution is 2.22. The van der Waals surface area contributed by atoms with Gasteiger partial charge >= 0.3 is 0 Å². The quantitative estimate of drug-likeness (QED) is 0.698. The van der Waals surface area contributed by atoms with Gasteiger partial charge in [-0.3, -0.25) is 14.6 Å². The van der Waals surface area contributed by atoms with Crippen molar-refractivity contribution in [2.75, 3.05) is 5.32 Å². The van der Waals surface area contributed by atoms with Gasteiger partial charge in [0, 0.05) is 36.6 Å². The third-order valence-corrected chi connectivity index (χ3v) is 4.15. The fourth-order valence-corrected chi connectivity index (χ4v) is 2.60. The first-order chi connectivity index (χ1) is 13.2. The van der Waals surface area contributed by atoms with Crippen LogP contribution in [0.2, 0.25) is 0 Å². The predicted octanol–water partition coefficient (Wildman–Crippen LogP) is 4.03. The summed E-state index contributed by atoms with van der Waals surface area (Å²) >= 11 is 0. The topological polar surface area (TPSA) is 71.1 Å². The van der Waals surface area contributed by atoms with Crippen molar-refractivity contribution in [3.63, 3.8) is 0 Å². The molecule has 1 heterocycles.